The third-order valence-corrected chi connectivity index (χ3v) is 5.69. The number of thioether (sulfide) groups is 1. The molecule has 1 amide bonds. The zero-order chi connectivity index (χ0) is 22.6. The lowest BCUT2D eigenvalue weighted by atomic mass is 10.0. The number of benzene rings is 1. The highest BCUT2D eigenvalue weighted by Gasteiger charge is 2.45. The van der Waals surface area contributed by atoms with E-state index in [2.05, 4.69) is 27.4 Å². The molecule has 0 saturated carbocycles. The summed E-state index contributed by atoms with van der Waals surface area (Å²) in [6, 6.07) is 8.17. The van der Waals surface area contributed by atoms with E-state index in [1.54, 1.807) is 29.1 Å². The van der Waals surface area contributed by atoms with Gasteiger partial charge in [-0.15, -0.1) is 11.8 Å². The Labute approximate surface area is 188 Å². The minimum atomic E-state index is -0.674. The van der Waals surface area contributed by atoms with Crippen molar-refractivity contribution in [3.8, 4) is 0 Å². The first-order valence-corrected chi connectivity index (χ1v) is 11.7. The summed E-state index contributed by atoms with van der Waals surface area (Å²) in [5.74, 6) is 0.573. The fourth-order valence-electron chi connectivity index (χ4n) is 3.48. The third kappa shape index (κ3) is 6.33. The molecule has 168 valence electrons. The van der Waals surface area contributed by atoms with E-state index in [9.17, 15) is 4.79 Å². The van der Waals surface area contributed by atoms with E-state index in [0.717, 1.165) is 23.4 Å². The average molecular weight is 445 g/mol. The summed E-state index contributed by atoms with van der Waals surface area (Å²) in [4.78, 5) is 24.2. The Morgan fingerprint density at radius 3 is 2.48 bits per heavy atom. The minimum absolute atomic E-state index is 0.0222. The highest BCUT2D eigenvalue weighted by Crippen LogP contribution is 2.31. The Balaban J connectivity index is 1.59. The first-order chi connectivity index (χ1) is 14.6. The van der Waals surface area contributed by atoms with Gasteiger partial charge < -0.3 is 14.8 Å². The average Bonchev–Trinajstić information content (AvgIpc) is 3.01. The van der Waals surface area contributed by atoms with Gasteiger partial charge in [-0.3, -0.25) is 4.90 Å². The van der Waals surface area contributed by atoms with Gasteiger partial charge in [0, 0.05) is 23.0 Å². The van der Waals surface area contributed by atoms with Gasteiger partial charge >= 0.3 is 6.09 Å². The SMILES string of the molecule is CSc1cnc(Nc2ccc(CCC3COC(C)(C)N3C(=O)OC(C)(C)C)cc2)nc1. The fourth-order valence-corrected chi connectivity index (χ4v) is 3.80. The summed E-state index contributed by atoms with van der Waals surface area (Å²) >= 11 is 1.61. The predicted molar refractivity (Wildman–Crippen MR) is 124 cm³/mol. The molecule has 1 atom stereocenters. The molecule has 7 nitrogen and oxygen atoms in total. The van der Waals surface area contributed by atoms with Crippen molar-refractivity contribution >= 4 is 29.5 Å². The van der Waals surface area contributed by atoms with Crippen molar-refractivity contribution in [1.82, 2.24) is 14.9 Å². The molecule has 1 aliphatic heterocycles. The number of amides is 1. The van der Waals surface area contributed by atoms with Crippen LogP contribution in [0.4, 0.5) is 16.4 Å². The predicted octanol–water partition coefficient (Wildman–Crippen LogP) is 5.25. The number of carbonyl (C=O) groups is 1. The van der Waals surface area contributed by atoms with Gasteiger partial charge in [0.2, 0.25) is 5.95 Å². The van der Waals surface area contributed by atoms with Crippen molar-refractivity contribution in [2.75, 3.05) is 18.2 Å². The summed E-state index contributed by atoms with van der Waals surface area (Å²) in [5.41, 5.74) is 0.911. The molecular weight excluding hydrogens is 412 g/mol. The number of aromatic nitrogens is 2. The van der Waals surface area contributed by atoms with E-state index in [-0.39, 0.29) is 12.1 Å². The third-order valence-electron chi connectivity index (χ3n) is 5.00. The summed E-state index contributed by atoms with van der Waals surface area (Å²) in [7, 11) is 0. The van der Waals surface area contributed by atoms with Crippen LogP contribution in [0.5, 0.6) is 0 Å². The fraction of sp³-hybridized carbons (Fsp3) is 0.522. The highest BCUT2D eigenvalue weighted by molar-refractivity contribution is 7.98. The molecule has 1 aromatic carbocycles. The van der Waals surface area contributed by atoms with Gasteiger partial charge in [0.15, 0.2) is 0 Å². The Hall–Kier alpha value is -2.32. The lowest BCUT2D eigenvalue weighted by Gasteiger charge is -2.35. The van der Waals surface area contributed by atoms with Crippen molar-refractivity contribution in [1.29, 1.82) is 0 Å². The number of nitrogens with zero attached hydrogens (tertiary/aromatic N) is 3. The Morgan fingerprint density at radius 1 is 1.26 bits per heavy atom. The molecule has 0 radical (unpaired) electrons. The molecule has 0 aliphatic carbocycles. The first kappa shape index (κ1) is 23.3. The Morgan fingerprint density at radius 2 is 1.90 bits per heavy atom. The Kier molecular flexibility index (Phi) is 7.11. The molecule has 31 heavy (non-hydrogen) atoms. The van der Waals surface area contributed by atoms with E-state index in [1.165, 1.54) is 5.56 Å². The molecule has 0 bridgehead atoms. The number of hydrogen-bond acceptors (Lipinski definition) is 7. The summed E-state index contributed by atoms with van der Waals surface area (Å²) in [6.07, 6.45) is 6.91. The van der Waals surface area contributed by atoms with Crippen LogP contribution in [-0.4, -0.2) is 51.2 Å². The second-order valence-corrected chi connectivity index (χ2v) is 9.95. The van der Waals surface area contributed by atoms with Crippen LogP contribution in [0.3, 0.4) is 0 Å². The number of ether oxygens (including phenoxy) is 2. The van der Waals surface area contributed by atoms with Crippen LogP contribution in [0.1, 0.15) is 46.6 Å². The molecule has 1 aromatic heterocycles. The van der Waals surface area contributed by atoms with Crippen molar-refractivity contribution in [2.45, 2.75) is 69.7 Å². The van der Waals surface area contributed by atoms with Crippen molar-refractivity contribution in [3.05, 3.63) is 42.2 Å². The molecule has 1 N–H and O–H groups in total. The monoisotopic (exact) mass is 444 g/mol. The van der Waals surface area contributed by atoms with Gasteiger partial charge in [-0.05, 0) is 71.4 Å². The van der Waals surface area contributed by atoms with Crippen LogP contribution in [0.2, 0.25) is 0 Å². The maximum Gasteiger partial charge on any atom is 0.412 e. The standard InChI is InChI=1S/C23H32N4O3S/c1-22(2,3)30-21(28)27-18(15-29-23(27,4)5)12-9-16-7-10-17(11-8-16)26-20-24-13-19(31-6)14-25-20/h7-8,10-11,13-14,18H,9,12,15H2,1-6H3,(H,24,25,26). The molecule has 8 heteroatoms. The van der Waals surface area contributed by atoms with E-state index in [1.807, 2.05) is 53.0 Å². The smallest absolute Gasteiger partial charge is 0.412 e. The normalized spacial score (nSPS) is 18.1. The van der Waals surface area contributed by atoms with Gasteiger partial charge in [-0.25, -0.2) is 14.8 Å². The van der Waals surface area contributed by atoms with Gasteiger partial charge in [0.05, 0.1) is 12.6 Å². The molecule has 2 heterocycles. The van der Waals surface area contributed by atoms with Crippen LogP contribution in [0.15, 0.2) is 41.6 Å². The summed E-state index contributed by atoms with van der Waals surface area (Å²) < 4.78 is 11.5. The van der Waals surface area contributed by atoms with Crippen molar-refractivity contribution in [2.24, 2.45) is 0 Å². The number of aryl methyl sites for hydroxylation is 1. The van der Waals surface area contributed by atoms with Crippen LogP contribution >= 0.6 is 11.8 Å². The van der Waals surface area contributed by atoms with Gasteiger partial charge in [-0.1, -0.05) is 12.1 Å². The van der Waals surface area contributed by atoms with Gasteiger partial charge in [-0.2, -0.15) is 0 Å². The molecule has 2 aromatic rings. The van der Waals surface area contributed by atoms with Crippen LogP contribution in [-0.2, 0) is 15.9 Å². The molecular formula is C23H32N4O3S. The maximum atomic E-state index is 12.8. The van der Waals surface area contributed by atoms with E-state index in [4.69, 9.17) is 9.47 Å². The number of anilines is 2. The lowest BCUT2D eigenvalue weighted by molar-refractivity contribution is -0.0626. The maximum absolute atomic E-state index is 12.8. The van der Waals surface area contributed by atoms with E-state index < -0.39 is 11.3 Å². The van der Waals surface area contributed by atoms with E-state index in [0.29, 0.717) is 12.6 Å². The topological polar surface area (TPSA) is 76.6 Å². The number of rotatable bonds is 6. The van der Waals surface area contributed by atoms with Crippen LogP contribution in [0.25, 0.3) is 0 Å². The molecule has 1 fully saturated rings. The highest BCUT2D eigenvalue weighted by atomic mass is 32.2. The zero-order valence-corrected chi connectivity index (χ0v) is 20.0. The van der Waals surface area contributed by atoms with E-state index >= 15 is 0 Å². The van der Waals surface area contributed by atoms with Crippen molar-refractivity contribution in [3.63, 3.8) is 0 Å². The quantitative estimate of drug-likeness (QED) is 0.610. The lowest BCUT2D eigenvalue weighted by Crippen LogP contribution is -2.49. The van der Waals surface area contributed by atoms with Crippen LogP contribution < -0.4 is 5.32 Å². The minimum Gasteiger partial charge on any atom is -0.444 e. The number of nitrogens with one attached hydrogen (secondary N) is 1. The van der Waals surface area contributed by atoms with Gasteiger partial charge in [0.25, 0.3) is 0 Å². The zero-order valence-electron chi connectivity index (χ0n) is 19.1. The molecule has 1 aliphatic rings. The summed E-state index contributed by atoms with van der Waals surface area (Å²) in [6.45, 7) is 9.95. The number of carbonyl (C=O) groups excluding carboxylic acids is 1. The van der Waals surface area contributed by atoms with Crippen LogP contribution in [0, 0.1) is 0 Å². The largest absolute Gasteiger partial charge is 0.444 e. The van der Waals surface area contributed by atoms with Crippen molar-refractivity contribution < 1.29 is 14.3 Å². The Bertz CT molecular complexity index is 879. The molecule has 3 rings (SSSR count). The second kappa shape index (κ2) is 9.44. The molecule has 1 saturated heterocycles. The number of hydrogen-bond donors (Lipinski definition) is 1. The first-order valence-electron chi connectivity index (χ1n) is 10.5. The molecule has 1 unspecified atom stereocenters. The summed E-state index contributed by atoms with van der Waals surface area (Å²) in [5, 5.41) is 3.21. The molecule has 0 spiro atoms. The van der Waals surface area contributed by atoms with Gasteiger partial charge in [0.1, 0.15) is 11.3 Å². The second-order valence-electron chi connectivity index (χ2n) is 9.07.